The summed E-state index contributed by atoms with van der Waals surface area (Å²) in [7, 11) is -3.98. The van der Waals surface area contributed by atoms with Gasteiger partial charge in [-0.1, -0.05) is 112 Å². The molecular formula is C34H52B2P2Si2. The highest BCUT2D eigenvalue weighted by Gasteiger charge is 2.97. The van der Waals surface area contributed by atoms with Crippen LogP contribution in [0.4, 0.5) is 0 Å². The summed E-state index contributed by atoms with van der Waals surface area (Å²) in [4.78, 5) is 0. The van der Waals surface area contributed by atoms with E-state index in [1.54, 1.807) is 10.6 Å². The van der Waals surface area contributed by atoms with Gasteiger partial charge in [-0.05, 0) is 64.3 Å². The van der Waals surface area contributed by atoms with E-state index in [1.165, 1.54) is 36.6 Å². The predicted molar refractivity (Wildman–Crippen MR) is 198 cm³/mol. The number of allylic oxidation sites excluding steroid dienone is 6. The van der Waals surface area contributed by atoms with Crippen molar-refractivity contribution in [3.05, 3.63) is 106 Å². The van der Waals surface area contributed by atoms with Crippen molar-refractivity contribution in [2.24, 2.45) is 0 Å². The summed E-state index contributed by atoms with van der Waals surface area (Å²) < 4.78 is 0. The SMILES string of the molecule is C=C(C)C1=C(CC)[B-]2(CC)[P+](c3ccccc3)([B-]3(CC)C(CC)=C(C(=C)C)[Si](C)(C)[P+]23c2ccccc2)[Si]1(C)C. The molecule has 2 aromatic rings. The van der Waals surface area contributed by atoms with Crippen molar-refractivity contribution in [1.82, 2.24) is 0 Å². The normalized spacial score (nSPS) is 33.5. The van der Waals surface area contributed by atoms with Crippen molar-refractivity contribution in [2.45, 2.75) is 93.2 Å². The Bertz CT molecular complexity index is 1330. The standard InChI is InChI=1S/C34H52B2P2Si2/c1-13-31-33(27(5)6)39(9,10)37(29-23-19-17-20-24-29)35(31,15-3)38(30-25-21-18-22-26-30)36(37,16-4)32(14-2)34(28(7)8)40(38,11)12/h17-26H,5,7,13-16H2,1-4,6,8-12H3. The van der Waals surface area contributed by atoms with E-state index in [0.717, 1.165) is 0 Å². The number of fused-ring (bicyclic) bond motifs is 4. The molecule has 0 saturated carbocycles. The second kappa shape index (κ2) is 9.67. The molecule has 1 saturated heterocycles. The van der Waals surface area contributed by atoms with E-state index in [0.29, 0.717) is 0 Å². The Labute approximate surface area is 249 Å². The number of hydrogen-bond acceptors (Lipinski definition) is 0. The molecule has 0 bridgehead atoms. The van der Waals surface area contributed by atoms with Gasteiger partial charge in [-0.25, -0.2) is 13.1 Å². The van der Waals surface area contributed by atoms with E-state index in [1.807, 2.05) is 21.3 Å². The highest BCUT2D eigenvalue weighted by molar-refractivity contribution is 8.94. The fourth-order valence-electron chi connectivity index (χ4n) is 13.3. The first-order chi connectivity index (χ1) is 18.9. The lowest BCUT2D eigenvalue weighted by molar-refractivity contribution is 1.15. The molecule has 3 aliphatic rings. The minimum Gasteiger partial charge on any atom is -0.230 e. The zero-order chi connectivity index (χ0) is 29.5. The van der Waals surface area contributed by atoms with Crippen LogP contribution in [0.5, 0.6) is 0 Å². The van der Waals surface area contributed by atoms with Crippen LogP contribution in [0.2, 0.25) is 38.8 Å². The zero-order valence-corrected chi connectivity index (χ0v) is 30.9. The molecule has 0 nitrogen and oxygen atoms in total. The van der Waals surface area contributed by atoms with Crippen molar-refractivity contribution < 1.29 is 0 Å². The summed E-state index contributed by atoms with van der Waals surface area (Å²) in [6, 6.07) is 24.5. The van der Waals surface area contributed by atoms with Crippen LogP contribution in [0.3, 0.4) is 0 Å². The molecule has 0 aromatic heterocycles. The molecule has 0 unspecified atom stereocenters. The van der Waals surface area contributed by atoms with Gasteiger partial charge in [0.2, 0.25) is 0 Å². The summed E-state index contributed by atoms with van der Waals surface area (Å²) in [5.74, 6) is 0. The molecule has 3 aliphatic heterocycles. The molecule has 2 aromatic carbocycles. The molecule has 1 fully saturated rings. The third-order valence-corrected chi connectivity index (χ3v) is 57.0. The average Bonchev–Trinajstić information content (AvgIpc) is 3.18. The van der Waals surface area contributed by atoms with Crippen LogP contribution in [0.25, 0.3) is 0 Å². The number of rotatable bonds is 8. The highest BCUT2D eigenvalue weighted by atomic mass is 31.5. The summed E-state index contributed by atoms with van der Waals surface area (Å²) in [6.07, 6.45) is 5.06. The van der Waals surface area contributed by atoms with Crippen molar-refractivity contribution in [3.63, 3.8) is 0 Å². The van der Waals surface area contributed by atoms with Crippen LogP contribution >= 0.6 is 13.1 Å². The van der Waals surface area contributed by atoms with Crippen molar-refractivity contribution in [1.29, 1.82) is 0 Å². The lowest BCUT2D eigenvalue weighted by Gasteiger charge is -2.86. The molecule has 6 heteroatoms. The maximum atomic E-state index is 4.78. The zero-order valence-electron chi connectivity index (χ0n) is 27.1. The number of benzene rings is 2. The molecule has 212 valence electrons. The van der Waals surface area contributed by atoms with E-state index in [9.17, 15) is 0 Å². The summed E-state index contributed by atoms with van der Waals surface area (Å²) in [6.45, 7) is 32.5. The minimum atomic E-state index is -1.99. The Kier molecular flexibility index (Phi) is 7.32. The minimum absolute atomic E-state index is 0.768. The topological polar surface area (TPSA) is 0 Å². The van der Waals surface area contributed by atoms with Gasteiger partial charge in [-0.15, -0.1) is 12.6 Å². The van der Waals surface area contributed by atoms with Gasteiger partial charge in [0.1, 0.15) is 0 Å². The Hall–Kier alpha value is -1.18. The molecule has 0 aliphatic carbocycles. The maximum Gasteiger partial charge on any atom is 0.254 e. The summed E-state index contributed by atoms with van der Waals surface area (Å²) in [5.41, 5.74) is 5.09. The van der Waals surface area contributed by atoms with E-state index >= 15 is 0 Å². The largest absolute Gasteiger partial charge is 0.254 e. The van der Waals surface area contributed by atoms with Crippen molar-refractivity contribution in [2.75, 3.05) is 0 Å². The molecular weight excluding hydrogens is 548 g/mol. The van der Waals surface area contributed by atoms with E-state index in [2.05, 4.69) is 128 Å². The molecule has 0 spiro atoms. The smallest absolute Gasteiger partial charge is 0.230 e. The van der Waals surface area contributed by atoms with E-state index < -0.39 is 39.8 Å². The predicted octanol–water partition coefficient (Wildman–Crippen LogP) is 10.8. The van der Waals surface area contributed by atoms with Gasteiger partial charge in [0, 0.05) is 10.6 Å². The first-order valence-corrected chi connectivity index (χ1v) is 27.4. The van der Waals surface area contributed by atoms with Crippen LogP contribution in [0.1, 0.15) is 54.4 Å². The molecule has 0 radical (unpaired) electrons. The third-order valence-electron chi connectivity index (χ3n) is 12.6. The number of hydrogen-bond donors (Lipinski definition) is 0. The fraction of sp³-hybridized carbons (Fsp3) is 0.412. The van der Waals surface area contributed by atoms with Crippen LogP contribution in [0.15, 0.2) is 106 Å². The lowest BCUT2D eigenvalue weighted by atomic mass is 9.55. The van der Waals surface area contributed by atoms with E-state index in [4.69, 9.17) is 13.2 Å². The summed E-state index contributed by atoms with van der Waals surface area (Å²) in [5, 5.41) is 7.18. The quantitative estimate of drug-likeness (QED) is 0.209. The van der Waals surface area contributed by atoms with Gasteiger partial charge >= 0.3 is 0 Å². The molecule has 0 atom stereocenters. The first-order valence-electron chi connectivity index (χ1n) is 15.9. The first kappa shape index (κ1) is 30.3. The second-order valence-corrected chi connectivity index (χ2v) is 41.0. The fourth-order valence-corrected chi connectivity index (χ4v) is 87.9. The Balaban J connectivity index is 2.18. The van der Waals surface area contributed by atoms with Gasteiger partial charge in [0.15, 0.2) is 15.5 Å². The Morgan fingerprint density at radius 1 is 0.600 bits per heavy atom. The lowest BCUT2D eigenvalue weighted by Crippen LogP contribution is -2.78. The van der Waals surface area contributed by atoms with Crippen LogP contribution in [-0.4, -0.2) is 26.7 Å². The highest BCUT2D eigenvalue weighted by Crippen LogP contribution is 3.15. The molecule has 3 heterocycles. The van der Waals surface area contributed by atoms with Gasteiger partial charge in [0.25, 0.3) is 11.2 Å². The van der Waals surface area contributed by atoms with E-state index in [-0.39, 0.29) is 0 Å². The molecule has 0 N–H and O–H groups in total. The van der Waals surface area contributed by atoms with Crippen molar-refractivity contribution >= 4 is 50.4 Å². The van der Waals surface area contributed by atoms with Gasteiger partial charge in [-0.3, -0.25) is 0 Å². The van der Waals surface area contributed by atoms with Crippen LogP contribution in [-0.2, 0) is 0 Å². The van der Waals surface area contributed by atoms with Gasteiger partial charge in [-0.2, -0.15) is 10.9 Å². The Morgan fingerprint density at radius 2 is 0.900 bits per heavy atom. The van der Waals surface area contributed by atoms with Gasteiger partial charge < -0.3 is 0 Å². The molecule has 0 amide bonds. The third kappa shape index (κ3) is 2.76. The second-order valence-electron chi connectivity index (χ2n) is 14.1. The maximum absolute atomic E-state index is 4.78. The van der Waals surface area contributed by atoms with Gasteiger partial charge in [0.05, 0.1) is 0 Å². The van der Waals surface area contributed by atoms with Crippen LogP contribution < -0.4 is 10.6 Å². The average molecular weight is 601 g/mol. The molecule has 40 heavy (non-hydrogen) atoms. The van der Waals surface area contributed by atoms with Crippen LogP contribution in [0, 0.1) is 0 Å². The molecule has 5 rings (SSSR count). The Morgan fingerprint density at radius 3 is 1.12 bits per heavy atom. The monoisotopic (exact) mass is 600 g/mol. The summed E-state index contributed by atoms with van der Waals surface area (Å²) >= 11 is 0. The van der Waals surface area contributed by atoms with Crippen molar-refractivity contribution in [3.8, 4) is 0 Å².